The van der Waals surface area contributed by atoms with Gasteiger partial charge in [-0.1, -0.05) is 50.1 Å². The average molecular weight is 431 g/mol. The second kappa shape index (κ2) is 9.62. The van der Waals surface area contributed by atoms with Gasteiger partial charge in [-0.15, -0.1) is 0 Å². The Balaban J connectivity index is 1.52. The molecule has 1 aliphatic heterocycles. The highest BCUT2D eigenvalue weighted by molar-refractivity contribution is 7.91. The van der Waals surface area contributed by atoms with Gasteiger partial charge in [0.05, 0.1) is 24.2 Å². The zero-order valence-electron chi connectivity index (χ0n) is 18.0. The summed E-state index contributed by atoms with van der Waals surface area (Å²) < 4.78 is 27.2. The van der Waals surface area contributed by atoms with Crippen molar-refractivity contribution in [2.75, 3.05) is 31.9 Å². The SMILES string of the molecule is CCS(=O)(=O)c1ncc(CN2CCCN(C3CCCC3)CC2)n1Cc1ccccc1. The first-order chi connectivity index (χ1) is 14.6. The lowest BCUT2D eigenvalue weighted by Gasteiger charge is -2.27. The summed E-state index contributed by atoms with van der Waals surface area (Å²) in [6.07, 6.45) is 8.38. The largest absolute Gasteiger partial charge is 0.313 e. The molecule has 164 valence electrons. The number of hydrogen-bond donors (Lipinski definition) is 0. The average Bonchev–Trinajstić information content (AvgIpc) is 3.36. The van der Waals surface area contributed by atoms with Crippen molar-refractivity contribution in [3.05, 3.63) is 47.8 Å². The molecule has 0 amide bonds. The number of nitrogens with zero attached hydrogens (tertiary/aromatic N) is 4. The molecule has 6 nitrogen and oxygen atoms in total. The van der Waals surface area contributed by atoms with E-state index in [4.69, 9.17) is 0 Å². The van der Waals surface area contributed by atoms with Crippen LogP contribution in [0.4, 0.5) is 0 Å². The van der Waals surface area contributed by atoms with Gasteiger partial charge in [-0.3, -0.25) is 9.80 Å². The smallest absolute Gasteiger partial charge is 0.228 e. The monoisotopic (exact) mass is 430 g/mol. The molecular weight excluding hydrogens is 396 g/mol. The zero-order valence-corrected chi connectivity index (χ0v) is 18.9. The van der Waals surface area contributed by atoms with Crippen LogP contribution < -0.4 is 0 Å². The maximum atomic E-state index is 12.7. The summed E-state index contributed by atoms with van der Waals surface area (Å²) in [5.74, 6) is 0.0678. The minimum atomic E-state index is -3.37. The van der Waals surface area contributed by atoms with Gasteiger partial charge in [0.2, 0.25) is 15.0 Å². The normalized spacial score (nSPS) is 19.9. The molecule has 0 bridgehead atoms. The van der Waals surface area contributed by atoms with E-state index in [2.05, 4.69) is 14.8 Å². The lowest BCUT2D eigenvalue weighted by atomic mass is 10.2. The van der Waals surface area contributed by atoms with Crippen molar-refractivity contribution in [2.45, 2.75) is 63.3 Å². The summed E-state index contributed by atoms with van der Waals surface area (Å²) in [5, 5.41) is 0.200. The van der Waals surface area contributed by atoms with E-state index in [1.54, 1.807) is 13.1 Å². The third-order valence-corrected chi connectivity index (χ3v) is 8.24. The Bertz CT molecular complexity index is 920. The summed E-state index contributed by atoms with van der Waals surface area (Å²) >= 11 is 0. The first kappa shape index (κ1) is 21.5. The van der Waals surface area contributed by atoms with E-state index >= 15 is 0 Å². The van der Waals surface area contributed by atoms with Crippen LogP contribution in [0.5, 0.6) is 0 Å². The van der Waals surface area contributed by atoms with E-state index in [0.29, 0.717) is 6.54 Å². The highest BCUT2D eigenvalue weighted by Crippen LogP contribution is 2.25. The summed E-state index contributed by atoms with van der Waals surface area (Å²) in [6, 6.07) is 10.8. The molecule has 0 atom stereocenters. The molecule has 1 saturated heterocycles. The fraction of sp³-hybridized carbons (Fsp3) is 0.609. The molecule has 1 saturated carbocycles. The number of aromatic nitrogens is 2. The first-order valence-electron chi connectivity index (χ1n) is 11.3. The molecule has 7 heteroatoms. The quantitative estimate of drug-likeness (QED) is 0.675. The second-order valence-corrected chi connectivity index (χ2v) is 10.8. The van der Waals surface area contributed by atoms with Gasteiger partial charge in [-0.2, -0.15) is 0 Å². The predicted molar refractivity (Wildman–Crippen MR) is 119 cm³/mol. The third-order valence-electron chi connectivity index (χ3n) is 6.59. The maximum Gasteiger partial charge on any atom is 0.228 e. The highest BCUT2D eigenvalue weighted by Gasteiger charge is 2.26. The molecule has 1 aliphatic carbocycles. The van der Waals surface area contributed by atoms with Crippen LogP contribution in [0.1, 0.15) is 50.3 Å². The van der Waals surface area contributed by atoms with Crippen molar-refractivity contribution >= 4 is 9.84 Å². The van der Waals surface area contributed by atoms with Gasteiger partial charge in [-0.25, -0.2) is 13.4 Å². The minimum Gasteiger partial charge on any atom is -0.313 e. The van der Waals surface area contributed by atoms with Crippen LogP contribution in [0.2, 0.25) is 0 Å². The summed E-state index contributed by atoms with van der Waals surface area (Å²) in [4.78, 5) is 9.51. The Labute approximate surface area is 180 Å². The maximum absolute atomic E-state index is 12.7. The molecule has 1 aromatic heterocycles. The predicted octanol–water partition coefficient (Wildman–Crippen LogP) is 3.18. The zero-order chi connectivity index (χ0) is 21.0. The summed E-state index contributed by atoms with van der Waals surface area (Å²) in [6.45, 7) is 7.34. The van der Waals surface area contributed by atoms with E-state index in [1.165, 1.54) is 38.6 Å². The fourth-order valence-corrected chi connectivity index (χ4v) is 5.83. The van der Waals surface area contributed by atoms with Crippen LogP contribution in [-0.2, 0) is 22.9 Å². The van der Waals surface area contributed by atoms with Gasteiger partial charge >= 0.3 is 0 Å². The van der Waals surface area contributed by atoms with E-state index < -0.39 is 9.84 Å². The number of imidazole rings is 1. The van der Waals surface area contributed by atoms with E-state index in [0.717, 1.165) is 43.5 Å². The molecule has 0 spiro atoms. The minimum absolute atomic E-state index is 0.0678. The van der Waals surface area contributed by atoms with E-state index in [9.17, 15) is 8.42 Å². The highest BCUT2D eigenvalue weighted by atomic mass is 32.2. The lowest BCUT2D eigenvalue weighted by Crippen LogP contribution is -2.36. The molecule has 4 rings (SSSR count). The number of sulfone groups is 1. The van der Waals surface area contributed by atoms with Gasteiger partial charge in [-0.05, 0) is 37.9 Å². The van der Waals surface area contributed by atoms with Crippen molar-refractivity contribution in [1.29, 1.82) is 0 Å². The Hall–Kier alpha value is -1.70. The Kier molecular flexibility index (Phi) is 6.91. The van der Waals surface area contributed by atoms with Crippen molar-refractivity contribution in [3.63, 3.8) is 0 Å². The lowest BCUT2D eigenvalue weighted by molar-refractivity contribution is 0.197. The Morgan fingerprint density at radius 1 is 0.967 bits per heavy atom. The molecule has 0 N–H and O–H groups in total. The van der Waals surface area contributed by atoms with Crippen LogP contribution >= 0.6 is 0 Å². The fourth-order valence-electron chi connectivity index (χ4n) is 4.84. The van der Waals surface area contributed by atoms with Crippen LogP contribution in [-0.4, -0.2) is 65.7 Å². The molecule has 2 heterocycles. The van der Waals surface area contributed by atoms with Crippen molar-refractivity contribution < 1.29 is 8.42 Å². The topological polar surface area (TPSA) is 58.4 Å². The first-order valence-corrected chi connectivity index (χ1v) is 13.0. The molecule has 30 heavy (non-hydrogen) atoms. The molecule has 2 fully saturated rings. The van der Waals surface area contributed by atoms with Crippen LogP contribution in [0.3, 0.4) is 0 Å². The number of benzene rings is 1. The summed E-state index contributed by atoms with van der Waals surface area (Å²) in [5.41, 5.74) is 2.08. The molecule has 2 aliphatic rings. The third kappa shape index (κ3) is 4.95. The van der Waals surface area contributed by atoms with Crippen LogP contribution in [0.25, 0.3) is 0 Å². The van der Waals surface area contributed by atoms with Crippen molar-refractivity contribution in [1.82, 2.24) is 19.4 Å². The Morgan fingerprint density at radius 3 is 2.47 bits per heavy atom. The number of rotatable bonds is 7. The molecule has 2 aromatic rings. The van der Waals surface area contributed by atoms with Crippen molar-refractivity contribution in [2.24, 2.45) is 0 Å². The van der Waals surface area contributed by atoms with Gasteiger partial charge in [0.25, 0.3) is 0 Å². The van der Waals surface area contributed by atoms with E-state index in [1.807, 2.05) is 34.9 Å². The van der Waals surface area contributed by atoms with Gasteiger partial charge in [0, 0.05) is 25.7 Å². The van der Waals surface area contributed by atoms with Gasteiger partial charge in [0.15, 0.2) is 0 Å². The molecular formula is C23H34N4O2S. The van der Waals surface area contributed by atoms with Crippen LogP contribution in [0.15, 0.2) is 41.7 Å². The van der Waals surface area contributed by atoms with Crippen LogP contribution in [0, 0.1) is 0 Å². The second-order valence-electron chi connectivity index (χ2n) is 8.61. The molecule has 0 radical (unpaired) electrons. The van der Waals surface area contributed by atoms with Crippen molar-refractivity contribution in [3.8, 4) is 0 Å². The van der Waals surface area contributed by atoms with Gasteiger partial charge in [0.1, 0.15) is 0 Å². The standard InChI is InChI=1S/C23H34N4O2S/c1-2-30(28,29)23-24-17-22(27(23)18-20-9-4-3-5-10-20)19-25-13-8-14-26(16-15-25)21-11-6-7-12-21/h3-5,9-10,17,21H,2,6-8,11-16,18-19H2,1H3. The number of hydrogen-bond acceptors (Lipinski definition) is 5. The Morgan fingerprint density at radius 2 is 1.73 bits per heavy atom. The molecule has 0 unspecified atom stereocenters. The van der Waals surface area contributed by atoms with E-state index in [-0.39, 0.29) is 10.9 Å². The van der Waals surface area contributed by atoms with Gasteiger partial charge < -0.3 is 4.57 Å². The molecule has 1 aromatic carbocycles. The summed E-state index contributed by atoms with van der Waals surface area (Å²) in [7, 11) is -3.37.